The summed E-state index contributed by atoms with van der Waals surface area (Å²) in [6.45, 7) is 3.49. The van der Waals surface area contributed by atoms with Crippen molar-refractivity contribution in [2.24, 2.45) is 0 Å². The van der Waals surface area contributed by atoms with E-state index in [0.717, 1.165) is 16.5 Å². The summed E-state index contributed by atoms with van der Waals surface area (Å²) in [7, 11) is 0. The number of benzene rings is 1. The van der Waals surface area contributed by atoms with Gasteiger partial charge in [-0.1, -0.05) is 22.9 Å². The number of aliphatic hydroxyl groups is 1. The van der Waals surface area contributed by atoms with E-state index in [1.165, 1.54) is 11.3 Å². The van der Waals surface area contributed by atoms with Gasteiger partial charge in [-0.25, -0.2) is 0 Å². The molecule has 0 saturated carbocycles. The Morgan fingerprint density at radius 3 is 2.93 bits per heavy atom. The lowest BCUT2D eigenvalue weighted by atomic mass is 10.2. The van der Waals surface area contributed by atoms with Crippen molar-refractivity contribution in [3.05, 3.63) is 51.5 Å². The fourth-order valence-corrected chi connectivity index (χ4v) is 3.86. The average Bonchev–Trinajstić information content (AvgIpc) is 3.34. The molecule has 0 aliphatic heterocycles. The lowest BCUT2D eigenvalue weighted by Gasteiger charge is -2.12. The van der Waals surface area contributed by atoms with E-state index in [1.54, 1.807) is 23.0 Å². The van der Waals surface area contributed by atoms with Gasteiger partial charge in [0, 0.05) is 28.8 Å². The van der Waals surface area contributed by atoms with Gasteiger partial charge in [0.05, 0.1) is 29.0 Å². The van der Waals surface area contributed by atoms with Crippen LogP contribution in [0.5, 0.6) is 0 Å². The Bertz CT molecular complexity index is 1210. The van der Waals surface area contributed by atoms with Crippen LogP contribution in [0.15, 0.2) is 35.4 Å². The largest absolute Gasteiger partial charge is 0.391 e. The van der Waals surface area contributed by atoms with Crippen molar-refractivity contribution in [1.82, 2.24) is 25.0 Å². The van der Waals surface area contributed by atoms with Gasteiger partial charge in [-0.2, -0.15) is 5.10 Å². The fraction of sp³-hybridized carbons (Fsp3) is 0.222. The summed E-state index contributed by atoms with van der Waals surface area (Å²) in [5, 5.41) is 30.5. The highest BCUT2D eigenvalue weighted by Gasteiger charge is 2.14. The molecule has 0 unspecified atom stereocenters. The molecule has 4 aromatic rings. The van der Waals surface area contributed by atoms with Crippen LogP contribution in [0, 0.1) is 0 Å². The van der Waals surface area contributed by atoms with Crippen molar-refractivity contribution >= 4 is 44.7 Å². The van der Waals surface area contributed by atoms with E-state index in [9.17, 15) is 9.90 Å². The molecule has 28 heavy (non-hydrogen) atoms. The quantitative estimate of drug-likeness (QED) is 0.457. The van der Waals surface area contributed by atoms with Gasteiger partial charge in [-0.15, -0.1) is 10.2 Å². The normalized spacial score (nSPS) is 11.5. The number of fused-ring (bicyclic) bond motifs is 1. The minimum Gasteiger partial charge on any atom is -0.391 e. The molecule has 3 heterocycles. The lowest BCUT2D eigenvalue weighted by Crippen LogP contribution is -2.25. The van der Waals surface area contributed by atoms with E-state index in [2.05, 4.69) is 25.7 Å². The van der Waals surface area contributed by atoms with E-state index in [4.69, 9.17) is 11.6 Å². The molecule has 0 radical (unpaired) electrons. The van der Waals surface area contributed by atoms with Crippen molar-refractivity contribution < 1.29 is 5.11 Å². The van der Waals surface area contributed by atoms with Gasteiger partial charge in [0.25, 0.3) is 5.56 Å². The number of halogens is 1. The van der Waals surface area contributed by atoms with E-state index in [-0.39, 0.29) is 18.2 Å². The summed E-state index contributed by atoms with van der Waals surface area (Å²) in [5.74, 6) is 0. The van der Waals surface area contributed by atoms with Crippen molar-refractivity contribution in [3.8, 4) is 10.6 Å². The first-order valence-corrected chi connectivity index (χ1v) is 9.75. The van der Waals surface area contributed by atoms with Crippen molar-refractivity contribution in [2.45, 2.75) is 26.5 Å². The molecule has 10 heteroatoms. The zero-order chi connectivity index (χ0) is 19.8. The first-order chi connectivity index (χ1) is 13.5. The molecular formula is C18H17ClN6O2S. The predicted molar refractivity (Wildman–Crippen MR) is 110 cm³/mol. The maximum atomic E-state index is 12.3. The van der Waals surface area contributed by atoms with Crippen LogP contribution in [-0.2, 0) is 6.61 Å². The summed E-state index contributed by atoms with van der Waals surface area (Å²) in [6.07, 6.45) is 3.40. The molecule has 3 N–H and O–H groups in total. The third-order valence-electron chi connectivity index (χ3n) is 4.32. The van der Waals surface area contributed by atoms with E-state index in [1.807, 2.05) is 26.0 Å². The Hall–Kier alpha value is -2.75. The zero-order valence-corrected chi connectivity index (χ0v) is 16.7. The van der Waals surface area contributed by atoms with Gasteiger partial charge in [0.15, 0.2) is 5.01 Å². The Labute approximate surface area is 168 Å². The Morgan fingerprint density at radius 2 is 2.18 bits per heavy atom. The summed E-state index contributed by atoms with van der Waals surface area (Å²) in [4.78, 5) is 12.3. The van der Waals surface area contributed by atoms with Gasteiger partial charge < -0.3 is 15.0 Å². The smallest absolute Gasteiger partial charge is 0.256 e. The Balaban J connectivity index is 1.68. The first kappa shape index (κ1) is 18.6. The number of aromatic amines is 1. The summed E-state index contributed by atoms with van der Waals surface area (Å²) in [6, 6.07) is 5.33. The van der Waals surface area contributed by atoms with Gasteiger partial charge in [0.1, 0.15) is 0 Å². The Morgan fingerprint density at radius 1 is 1.36 bits per heavy atom. The highest BCUT2D eigenvalue weighted by Crippen LogP contribution is 2.34. The number of hydrogen-bond donors (Lipinski definition) is 3. The molecular weight excluding hydrogens is 400 g/mol. The van der Waals surface area contributed by atoms with Gasteiger partial charge in [-0.3, -0.25) is 9.89 Å². The summed E-state index contributed by atoms with van der Waals surface area (Å²) < 4.78 is 1.58. The van der Waals surface area contributed by atoms with Gasteiger partial charge in [-0.05, 0) is 32.0 Å². The van der Waals surface area contributed by atoms with E-state index >= 15 is 0 Å². The number of aromatic nitrogens is 5. The van der Waals surface area contributed by atoms with E-state index in [0.29, 0.717) is 26.4 Å². The molecule has 0 atom stereocenters. The highest BCUT2D eigenvalue weighted by atomic mass is 35.5. The molecule has 0 amide bonds. The third kappa shape index (κ3) is 3.28. The minimum atomic E-state index is -0.330. The van der Waals surface area contributed by atoms with Crippen LogP contribution in [0.2, 0.25) is 5.02 Å². The van der Waals surface area contributed by atoms with Gasteiger partial charge in [0.2, 0.25) is 5.13 Å². The summed E-state index contributed by atoms with van der Waals surface area (Å²) in [5.41, 5.74) is 2.38. The highest BCUT2D eigenvalue weighted by molar-refractivity contribution is 7.18. The van der Waals surface area contributed by atoms with Crippen LogP contribution in [0.4, 0.5) is 10.8 Å². The number of hydrogen-bond acceptors (Lipinski definition) is 7. The lowest BCUT2D eigenvalue weighted by molar-refractivity contribution is 0.278. The second kappa shape index (κ2) is 7.34. The molecule has 0 spiro atoms. The number of aliphatic hydroxyl groups excluding tert-OH is 1. The molecule has 0 fully saturated rings. The topological polar surface area (TPSA) is 109 Å². The maximum absolute atomic E-state index is 12.3. The Kier molecular flexibility index (Phi) is 4.88. The van der Waals surface area contributed by atoms with Crippen LogP contribution in [-0.4, -0.2) is 30.1 Å². The van der Waals surface area contributed by atoms with E-state index < -0.39 is 0 Å². The van der Waals surface area contributed by atoms with Crippen molar-refractivity contribution in [1.29, 1.82) is 0 Å². The molecule has 4 rings (SSSR count). The van der Waals surface area contributed by atoms with Crippen LogP contribution in [0.1, 0.15) is 25.5 Å². The van der Waals surface area contributed by atoms with Crippen LogP contribution in [0.3, 0.4) is 0 Å². The van der Waals surface area contributed by atoms with Crippen LogP contribution >= 0.6 is 22.9 Å². The number of H-pyrrole nitrogens is 1. The number of pyridine rings is 1. The molecule has 0 aliphatic rings. The van der Waals surface area contributed by atoms with Gasteiger partial charge >= 0.3 is 0 Å². The fourth-order valence-electron chi connectivity index (χ4n) is 2.86. The number of anilines is 2. The number of rotatable bonds is 5. The zero-order valence-electron chi connectivity index (χ0n) is 15.1. The number of nitrogens with one attached hydrogen (secondary N) is 2. The molecule has 0 aliphatic carbocycles. The third-order valence-corrected chi connectivity index (χ3v) is 5.61. The standard InChI is InChI=1S/C18H17ClN6O2S/c1-9(2)25-7-10(5-11(8-26)17(25)27)16-23-24-18(28-16)21-14-4-3-13-12(15(14)19)6-20-22-13/h3-7,9,26H,8H2,1-2H3,(H,20,22)(H,21,24). The molecule has 1 aromatic carbocycles. The maximum Gasteiger partial charge on any atom is 0.256 e. The van der Waals surface area contributed by atoms with Crippen molar-refractivity contribution in [3.63, 3.8) is 0 Å². The first-order valence-electron chi connectivity index (χ1n) is 8.56. The molecule has 0 saturated heterocycles. The SMILES string of the molecule is CC(C)n1cc(-c2nnc(Nc3ccc4[nH]ncc4c3Cl)s2)cc(CO)c1=O. The second-order valence-corrected chi connectivity index (χ2v) is 7.87. The monoisotopic (exact) mass is 416 g/mol. The average molecular weight is 417 g/mol. The number of nitrogens with zero attached hydrogens (tertiary/aromatic N) is 4. The second-order valence-electron chi connectivity index (χ2n) is 6.51. The van der Waals surface area contributed by atoms with Crippen molar-refractivity contribution in [2.75, 3.05) is 5.32 Å². The molecule has 144 valence electrons. The molecule has 0 bridgehead atoms. The minimum absolute atomic E-state index is 0.0382. The molecule has 8 nitrogen and oxygen atoms in total. The summed E-state index contributed by atoms with van der Waals surface area (Å²) >= 11 is 7.77. The van der Waals surface area contributed by atoms with Crippen LogP contribution < -0.4 is 10.9 Å². The predicted octanol–water partition coefficient (Wildman–Crippen LogP) is 3.71. The molecule has 3 aromatic heterocycles. The van der Waals surface area contributed by atoms with Crippen LogP contribution in [0.25, 0.3) is 21.5 Å².